The molecule has 0 bridgehead atoms. The van der Waals surface area contributed by atoms with Gasteiger partial charge in [0.1, 0.15) is 6.61 Å². The van der Waals surface area contributed by atoms with E-state index in [0.29, 0.717) is 18.7 Å². The van der Waals surface area contributed by atoms with Crippen LogP contribution in [-0.2, 0) is 11.2 Å². The Morgan fingerprint density at radius 2 is 2.00 bits per heavy atom. The van der Waals surface area contributed by atoms with E-state index in [4.69, 9.17) is 9.47 Å². The van der Waals surface area contributed by atoms with Crippen LogP contribution in [0.5, 0.6) is 11.5 Å². The average Bonchev–Trinajstić information content (AvgIpc) is 3.28. The Balaban J connectivity index is 1.49. The van der Waals surface area contributed by atoms with E-state index in [1.165, 1.54) is 12.8 Å². The van der Waals surface area contributed by atoms with Crippen LogP contribution in [0.2, 0.25) is 0 Å². The molecule has 1 amide bonds. The standard InChI is InChI=1S/C20H28N2O3/c1-21-10-4-7-16(21)17-8-5-11-22(17)20(23)15-12-14-6-3-9-18(24-2)19(14)25-13-15/h3,6,9,15-17H,4-5,7-8,10-13H2,1-2H3/t15-,16+,17-/m1/s1. The van der Waals surface area contributed by atoms with Crippen LogP contribution in [0.1, 0.15) is 31.2 Å². The summed E-state index contributed by atoms with van der Waals surface area (Å²) >= 11 is 0. The number of fused-ring (bicyclic) bond motifs is 1. The normalized spacial score (nSPS) is 29.4. The summed E-state index contributed by atoms with van der Waals surface area (Å²) in [6.07, 6.45) is 5.47. The number of carbonyl (C=O) groups excluding carboxylic acids is 1. The zero-order valence-corrected chi connectivity index (χ0v) is 15.2. The molecule has 0 aromatic heterocycles. The molecule has 0 N–H and O–H groups in total. The van der Waals surface area contributed by atoms with Crippen molar-refractivity contribution < 1.29 is 14.3 Å². The maximum atomic E-state index is 13.2. The minimum atomic E-state index is -0.0769. The summed E-state index contributed by atoms with van der Waals surface area (Å²) in [6, 6.07) is 6.84. The Morgan fingerprint density at radius 1 is 1.20 bits per heavy atom. The highest BCUT2D eigenvalue weighted by atomic mass is 16.5. The van der Waals surface area contributed by atoms with E-state index in [2.05, 4.69) is 16.8 Å². The number of likely N-dealkylation sites (tertiary alicyclic amines) is 2. The molecule has 4 rings (SSSR count). The van der Waals surface area contributed by atoms with Gasteiger partial charge in [0, 0.05) is 18.6 Å². The molecule has 3 aliphatic rings. The second-order valence-corrected chi connectivity index (χ2v) is 7.59. The molecule has 0 saturated carbocycles. The van der Waals surface area contributed by atoms with E-state index in [0.717, 1.165) is 49.4 Å². The molecule has 3 aliphatic heterocycles. The van der Waals surface area contributed by atoms with Crippen LogP contribution in [0.3, 0.4) is 0 Å². The van der Waals surface area contributed by atoms with E-state index in [-0.39, 0.29) is 11.8 Å². The lowest BCUT2D eigenvalue weighted by Crippen LogP contribution is -2.50. The molecule has 2 fully saturated rings. The van der Waals surface area contributed by atoms with Crippen LogP contribution in [0.4, 0.5) is 0 Å². The number of benzene rings is 1. The molecule has 5 nitrogen and oxygen atoms in total. The molecule has 5 heteroatoms. The van der Waals surface area contributed by atoms with Gasteiger partial charge in [0.15, 0.2) is 11.5 Å². The van der Waals surface area contributed by atoms with Crippen molar-refractivity contribution in [3.63, 3.8) is 0 Å². The monoisotopic (exact) mass is 344 g/mol. The Bertz CT molecular complexity index is 648. The molecular weight excluding hydrogens is 316 g/mol. The van der Waals surface area contributed by atoms with Crippen LogP contribution in [0.15, 0.2) is 18.2 Å². The quantitative estimate of drug-likeness (QED) is 0.844. The number of nitrogens with zero attached hydrogens (tertiary/aromatic N) is 2. The van der Waals surface area contributed by atoms with E-state index in [9.17, 15) is 4.79 Å². The van der Waals surface area contributed by atoms with Gasteiger partial charge in [-0.3, -0.25) is 4.79 Å². The minimum Gasteiger partial charge on any atom is -0.493 e. The van der Waals surface area contributed by atoms with Crippen LogP contribution in [0.25, 0.3) is 0 Å². The molecule has 1 aromatic carbocycles. The van der Waals surface area contributed by atoms with Crippen molar-refractivity contribution in [2.45, 2.75) is 44.2 Å². The van der Waals surface area contributed by atoms with Gasteiger partial charge in [-0.25, -0.2) is 0 Å². The van der Waals surface area contributed by atoms with Crippen LogP contribution in [-0.4, -0.2) is 61.6 Å². The van der Waals surface area contributed by atoms with E-state index < -0.39 is 0 Å². The van der Waals surface area contributed by atoms with Crippen LogP contribution >= 0.6 is 0 Å². The molecule has 3 heterocycles. The fourth-order valence-corrected chi connectivity index (χ4v) is 4.84. The highest BCUT2D eigenvalue weighted by molar-refractivity contribution is 5.80. The van der Waals surface area contributed by atoms with E-state index in [1.807, 2.05) is 18.2 Å². The highest BCUT2D eigenvalue weighted by Crippen LogP contribution is 2.37. The van der Waals surface area contributed by atoms with Crippen LogP contribution in [0, 0.1) is 5.92 Å². The van der Waals surface area contributed by atoms with Gasteiger partial charge >= 0.3 is 0 Å². The van der Waals surface area contributed by atoms with Crippen LogP contribution < -0.4 is 9.47 Å². The molecule has 0 spiro atoms. The smallest absolute Gasteiger partial charge is 0.229 e. The zero-order chi connectivity index (χ0) is 17.4. The van der Waals surface area contributed by atoms with E-state index in [1.54, 1.807) is 7.11 Å². The molecule has 2 saturated heterocycles. The summed E-state index contributed by atoms with van der Waals surface area (Å²) in [6.45, 7) is 2.51. The first kappa shape index (κ1) is 16.7. The van der Waals surface area contributed by atoms with Gasteiger partial charge in [-0.05, 0) is 57.3 Å². The Labute approximate surface area is 149 Å². The van der Waals surface area contributed by atoms with Gasteiger partial charge in [0.25, 0.3) is 0 Å². The maximum Gasteiger partial charge on any atom is 0.229 e. The molecule has 3 atom stereocenters. The third-order valence-electron chi connectivity index (χ3n) is 6.13. The summed E-state index contributed by atoms with van der Waals surface area (Å²) in [5, 5.41) is 0. The highest BCUT2D eigenvalue weighted by Gasteiger charge is 2.41. The summed E-state index contributed by atoms with van der Waals surface area (Å²) < 4.78 is 11.3. The maximum absolute atomic E-state index is 13.2. The summed E-state index contributed by atoms with van der Waals surface area (Å²) in [7, 11) is 3.86. The second-order valence-electron chi connectivity index (χ2n) is 7.59. The van der Waals surface area contributed by atoms with E-state index >= 15 is 0 Å². The Hall–Kier alpha value is -1.75. The number of ether oxygens (including phenoxy) is 2. The largest absolute Gasteiger partial charge is 0.493 e. The van der Waals surface area contributed by atoms with Gasteiger partial charge < -0.3 is 19.3 Å². The van der Waals surface area contributed by atoms with Crippen molar-refractivity contribution in [2.24, 2.45) is 5.92 Å². The number of hydrogen-bond donors (Lipinski definition) is 0. The number of carbonyl (C=O) groups is 1. The van der Waals surface area contributed by atoms with Crippen molar-refractivity contribution in [1.29, 1.82) is 0 Å². The molecule has 0 radical (unpaired) electrons. The predicted octanol–water partition coefficient (Wildman–Crippen LogP) is 2.33. The van der Waals surface area contributed by atoms with Gasteiger partial charge in [0.05, 0.1) is 13.0 Å². The molecule has 0 unspecified atom stereocenters. The number of para-hydroxylation sites is 1. The Kier molecular flexibility index (Phi) is 4.59. The van der Waals surface area contributed by atoms with Gasteiger partial charge in [0.2, 0.25) is 5.91 Å². The van der Waals surface area contributed by atoms with Gasteiger partial charge in [-0.2, -0.15) is 0 Å². The predicted molar refractivity (Wildman–Crippen MR) is 96.1 cm³/mol. The molecule has 25 heavy (non-hydrogen) atoms. The fourth-order valence-electron chi connectivity index (χ4n) is 4.84. The van der Waals surface area contributed by atoms with Crippen molar-refractivity contribution in [3.8, 4) is 11.5 Å². The lowest BCUT2D eigenvalue weighted by Gasteiger charge is -2.36. The second kappa shape index (κ2) is 6.87. The number of rotatable bonds is 3. The first-order chi connectivity index (χ1) is 12.2. The van der Waals surface area contributed by atoms with Crippen molar-refractivity contribution in [3.05, 3.63) is 23.8 Å². The van der Waals surface area contributed by atoms with Gasteiger partial charge in [-0.15, -0.1) is 0 Å². The number of methoxy groups -OCH3 is 1. The summed E-state index contributed by atoms with van der Waals surface area (Å²) in [4.78, 5) is 17.8. The Morgan fingerprint density at radius 3 is 2.76 bits per heavy atom. The van der Waals surface area contributed by atoms with Crippen molar-refractivity contribution in [1.82, 2.24) is 9.80 Å². The fraction of sp³-hybridized carbons (Fsp3) is 0.650. The molecule has 136 valence electrons. The molecular formula is C20H28N2O3. The average molecular weight is 344 g/mol. The third kappa shape index (κ3) is 2.99. The molecule has 0 aliphatic carbocycles. The van der Waals surface area contributed by atoms with Crippen molar-refractivity contribution in [2.75, 3.05) is 33.9 Å². The SMILES string of the molecule is COc1cccc2c1OC[C@H](C(=O)N1CCC[C@@H]1[C@@H]1CCCN1C)C2. The summed E-state index contributed by atoms with van der Waals surface area (Å²) in [5.74, 6) is 1.76. The topological polar surface area (TPSA) is 42.0 Å². The minimum absolute atomic E-state index is 0.0769. The molecule has 1 aromatic rings. The number of likely N-dealkylation sites (N-methyl/N-ethyl adjacent to an activating group) is 1. The lowest BCUT2D eigenvalue weighted by atomic mass is 9.94. The van der Waals surface area contributed by atoms with Gasteiger partial charge in [-0.1, -0.05) is 12.1 Å². The first-order valence-electron chi connectivity index (χ1n) is 9.48. The number of amides is 1. The zero-order valence-electron chi connectivity index (χ0n) is 15.2. The number of hydrogen-bond acceptors (Lipinski definition) is 4. The first-order valence-corrected chi connectivity index (χ1v) is 9.48. The lowest BCUT2D eigenvalue weighted by molar-refractivity contribution is -0.138. The van der Waals surface area contributed by atoms with Crippen molar-refractivity contribution >= 4 is 5.91 Å². The summed E-state index contributed by atoms with van der Waals surface area (Å²) in [5.41, 5.74) is 1.08. The third-order valence-corrected chi connectivity index (χ3v) is 6.13.